The monoisotopic (exact) mass is 403 g/mol. The summed E-state index contributed by atoms with van der Waals surface area (Å²) in [7, 11) is -0.867. The van der Waals surface area contributed by atoms with Crippen molar-refractivity contribution in [3.63, 3.8) is 0 Å². The number of benzene rings is 2. The topological polar surface area (TPSA) is 109 Å². The Balaban J connectivity index is 2.23. The zero-order valence-electron chi connectivity index (χ0n) is 15.8. The molecular weight excluding hydrogens is 382 g/mol. The van der Waals surface area contributed by atoms with E-state index in [4.69, 9.17) is 14.7 Å². The number of carbonyl (C=O) groups is 1. The molecule has 9 heteroatoms. The number of methoxy groups -OCH3 is 2. The molecule has 0 fully saturated rings. The molecule has 0 unspecified atom stereocenters. The minimum atomic E-state index is -3.76. The van der Waals surface area contributed by atoms with Crippen LogP contribution in [0.4, 0.5) is 11.4 Å². The number of hydrogen-bond acceptors (Lipinski definition) is 6. The maximum Gasteiger partial charge on any atom is 0.245 e. The van der Waals surface area contributed by atoms with E-state index in [1.165, 1.54) is 20.3 Å². The first-order valence-corrected chi connectivity index (χ1v) is 10.1. The van der Waals surface area contributed by atoms with E-state index < -0.39 is 22.5 Å². The number of nitrogens with one attached hydrogen (secondary N) is 1. The van der Waals surface area contributed by atoms with Crippen LogP contribution in [0.5, 0.6) is 11.5 Å². The van der Waals surface area contributed by atoms with E-state index in [0.717, 1.165) is 16.1 Å². The van der Waals surface area contributed by atoms with Gasteiger partial charge in [0.25, 0.3) is 0 Å². The molecular formula is C19H21N3O5S. The Labute approximate surface area is 164 Å². The van der Waals surface area contributed by atoms with Crippen LogP contribution in [0.3, 0.4) is 0 Å². The van der Waals surface area contributed by atoms with Gasteiger partial charge in [-0.1, -0.05) is 12.1 Å². The first-order chi connectivity index (χ1) is 13.3. The molecule has 0 radical (unpaired) electrons. The minimum absolute atomic E-state index is 0.227. The zero-order chi connectivity index (χ0) is 20.7. The van der Waals surface area contributed by atoms with Crippen LogP contribution in [0.1, 0.15) is 5.56 Å². The molecule has 8 nitrogen and oxygen atoms in total. The average Bonchev–Trinajstić information content (AvgIpc) is 2.66. The zero-order valence-corrected chi connectivity index (χ0v) is 16.6. The van der Waals surface area contributed by atoms with E-state index in [2.05, 4.69) is 5.32 Å². The molecule has 2 rings (SSSR count). The molecule has 0 heterocycles. The van der Waals surface area contributed by atoms with Gasteiger partial charge in [0.15, 0.2) is 0 Å². The molecule has 148 valence electrons. The van der Waals surface area contributed by atoms with Crippen LogP contribution in [0.2, 0.25) is 0 Å². The Hall–Kier alpha value is -3.25. The van der Waals surface area contributed by atoms with Crippen LogP contribution >= 0.6 is 0 Å². The highest BCUT2D eigenvalue weighted by Crippen LogP contribution is 2.33. The lowest BCUT2D eigenvalue weighted by atomic mass is 10.1. The fourth-order valence-electron chi connectivity index (χ4n) is 2.50. The molecule has 1 N–H and O–H groups in total. The number of anilines is 2. The number of nitriles is 1. The third-order valence-electron chi connectivity index (χ3n) is 3.86. The van der Waals surface area contributed by atoms with Crippen molar-refractivity contribution in [3.05, 3.63) is 48.0 Å². The summed E-state index contributed by atoms with van der Waals surface area (Å²) < 4.78 is 35.9. The van der Waals surface area contributed by atoms with Gasteiger partial charge in [-0.15, -0.1) is 0 Å². The molecule has 0 spiro atoms. The fourth-order valence-corrected chi connectivity index (χ4v) is 3.36. The molecule has 0 saturated heterocycles. The largest absolute Gasteiger partial charge is 0.497 e. The van der Waals surface area contributed by atoms with Crippen LogP contribution in [-0.2, 0) is 21.2 Å². The molecule has 0 aliphatic heterocycles. The summed E-state index contributed by atoms with van der Waals surface area (Å²) in [6.07, 6.45) is 1.29. The fraction of sp³-hybridized carbons (Fsp3) is 0.263. The van der Waals surface area contributed by atoms with Crippen molar-refractivity contribution < 1.29 is 22.7 Å². The standard InChI is InChI=1S/C19H21N3O5S/c1-26-16-8-9-17(18(12-16)27-2)22(28(3,24)25)13-19(23)21-15-6-4-14(5-7-15)10-11-20/h4-9,12H,10,13H2,1-3H3,(H,21,23). The molecule has 2 aromatic carbocycles. The quantitative estimate of drug-likeness (QED) is 0.724. The Kier molecular flexibility index (Phi) is 6.84. The summed E-state index contributed by atoms with van der Waals surface area (Å²) in [6, 6.07) is 13.4. The highest BCUT2D eigenvalue weighted by molar-refractivity contribution is 7.92. The molecule has 0 aliphatic rings. The molecule has 1 amide bonds. The molecule has 0 aliphatic carbocycles. The predicted molar refractivity (Wildman–Crippen MR) is 106 cm³/mol. The third-order valence-corrected chi connectivity index (χ3v) is 4.99. The van der Waals surface area contributed by atoms with Gasteiger partial charge in [-0.2, -0.15) is 5.26 Å². The van der Waals surface area contributed by atoms with Gasteiger partial charge in [0, 0.05) is 11.8 Å². The number of carbonyl (C=O) groups excluding carboxylic acids is 1. The van der Waals surface area contributed by atoms with Gasteiger partial charge < -0.3 is 14.8 Å². The van der Waals surface area contributed by atoms with E-state index in [1.54, 1.807) is 36.4 Å². The van der Waals surface area contributed by atoms with Crippen LogP contribution in [0.25, 0.3) is 0 Å². The van der Waals surface area contributed by atoms with Crippen LogP contribution < -0.4 is 19.1 Å². The first kappa shape index (κ1) is 21.1. The second kappa shape index (κ2) is 9.10. The summed E-state index contributed by atoms with van der Waals surface area (Å²) >= 11 is 0. The van der Waals surface area contributed by atoms with E-state index in [0.29, 0.717) is 11.4 Å². The van der Waals surface area contributed by atoms with Crippen molar-refractivity contribution in [2.24, 2.45) is 0 Å². The molecule has 28 heavy (non-hydrogen) atoms. The normalized spacial score (nSPS) is 10.6. The number of ether oxygens (including phenoxy) is 2. The highest BCUT2D eigenvalue weighted by atomic mass is 32.2. The van der Waals surface area contributed by atoms with Gasteiger partial charge in [0.05, 0.1) is 38.7 Å². The van der Waals surface area contributed by atoms with Crippen molar-refractivity contribution in [2.45, 2.75) is 6.42 Å². The third kappa shape index (κ3) is 5.37. The van der Waals surface area contributed by atoms with Crippen molar-refractivity contribution >= 4 is 27.3 Å². The van der Waals surface area contributed by atoms with Gasteiger partial charge in [0.2, 0.25) is 15.9 Å². The number of amides is 1. The van der Waals surface area contributed by atoms with Gasteiger partial charge in [-0.25, -0.2) is 8.42 Å². The lowest BCUT2D eigenvalue weighted by molar-refractivity contribution is -0.114. The summed E-state index contributed by atoms with van der Waals surface area (Å²) in [5.74, 6) is 0.241. The molecule has 0 saturated carbocycles. The van der Waals surface area contributed by atoms with Crippen molar-refractivity contribution in [3.8, 4) is 17.6 Å². The van der Waals surface area contributed by atoms with Gasteiger partial charge in [-0.05, 0) is 29.8 Å². The lowest BCUT2D eigenvalue weighted by Crippen LogP contribution is -2.37. The van der Waals surface area contributed by atoms with Crippen LogP contribution in [-0.4, -0.2) is 41.3 Å². The van der Waals surface area contributed by atoms with E-state index in [-0.39, 0.29) is 17.9 Å². The van der Waals surface area contributed by atoms with E-state index >= 15 is 0 Å². The van der Waals surface area contributed by atoms with Crippen LogP contribution in [0, 0.1) is 11.3 Å². The van der Waals surface area contributed by atoms with Gasteiger partial charge in [-0.3, -0.25) is 9.10 Å². The second-order valence-corrected chi connectivity index (χ2v) is 7.79. The van der Waals surface area contributed by atoms with Gasteiger partial charge in [0.1, 0.15) is 18.0 Å². The van der Waals surface area contributed by atoms with Crippen LogP contribution in [0.15, 0.2) is 42.5 Å². The average molecular weight is 403 g/mol. The minimum Gasteiger partial charge on any atom is -0.497 e. The van der Waals surface area contributed by atoms with Crippen molar-refractivity contribution in [2.75, 3.05) is 36.6 Å². The molecule has 0 bridgehead atoms. The maximum absolute atomic E-state index is 12.4. The summed E-state index contributed by atoms with van der Waals surface area (Å²) in [4.78, 5) is 12.4. The summed E-state index contributed by atoms with van der Waals surface area (Å²) in [6.45, 7) is -0.429. The number of nitrogens with zero attached hydrogens (tertiary/aromatic N) is 2. The second-order valence-electron chi connectivity index (χ2n) is 5.89. The Morgan fingerprint density at radius 2 is 1.82 bits per heavy atom. The lowest BCUT2D eigenvalue weighted by Gasteiger charge is -2.24. The number of hydrogen-bond donors (Lipinski definition) is 1. The summed E-state index contributed by atoms with van der Waals surface area (Å²) in [5, 5.41) is 11.3. The Morgan fingerprint density at radius 3 is 2.36 bits per heavy atom. The molecule has 2 aromatic rings. The number of sulfonamides is 1. The summed E-state index contributed by atoms with van der Waals surface area (Å²) in [5.41, 5.74) is 1.55. The first-order valence-electron chi connectivity index (χ1n) is 8.24. The van der Waals surface area contributed by atoms with Crippen molar-refractivity contribution in [1.82, 2.24) is 0 Å². The maximum atomic E-state index is 12.4. The molecule has 0 aromatic heterocycles. The Bertz CT molecular complexity index is 982. The van der Waals surface area contributed by atoms with Crippen molar-refractivity contribution in [1.29, 1.82) is 5.26 Å². The molecule has 0 atom stereocenters. The smallest absolute Gasteiger partial charge is 0.245 e. The Morgan fingerprint density at radius 1 is 1.14 bits per heavy atom. The highest BCUT2D eigenvalue weighted by Gasteiger charge is 2.24. The van der Waals surface area contributed by atoms with Gasteiger partial charge >= 0.3 is 0 Å². The van der Waals surface area contributed by atoms with E-state index in [1.807, 2.05) is 6.07 Å². The SMILES string of the molecule is COc1ccc(N(CC(=O)Nc2ccc(CC#N)cc2)S(C)(=O)=O)c(OC)c1. The van der Waals surface area contributed by atoms with E-state index in [9.17, 15) is 13.2 Å². The number of rotatable bonds is 8. The predicted octanol–water partition coefficient (Wildman–Crippen LogP) is 2.17.